The van der Waals surface area contributed by atoms with Gasteiger partial charge in [-0.3, -0.25) is 14.6 Å². The number of carbonyl (C=O) groups excluding carboxylic acids is 2. The van der Waals surface area contributed by atoms with E-state index < -0.39 is 5.54 Å². The summed E-state index contributed by atoms with van der Waals surface area (Å²) in [6.45, 7) is 2.90. The number of rotatable bonds is 6. The fourth-order valence-electron chi connectivity index (χ4n) is 5.25. The molecular weight excluding hydrogens is 416 g/mol. The molecule has 0 radical (unpaired) electrons. The maximum absolute atomic E-state index is 13.2. The van der Waals surface area contributed by atoms with Crippen molar-refractivity contribution in [2.24, 2.45) is 0 Å². The Balaban J connectivity index is 1.27. The Hall–Kier alpha value is -3.32. The number of nitrogens with one attached hydrogen (secondary N) is 1. The van der Waals surface area contributed by atoms with Crippen LogP contribution in [0.1, 0.15) is 24.1 Å². The summed E-state index contributed by atoms with van der Waals surface area (Å²) in [5.41, 5.74) is 2.71. The van der Waals surface area contributed by atoms with E-state index in [9.17, 15) is 9.59 Å². The third-order valence-electron chi connectivity index (χ3n) is 7.18. The van der Waals surface area contributed by atoms with Crippen LogP contribution in [0.3, 0.4) is 0 Å². The number of aromatic nitrogens is 1. The highest BCUT2D eigenvalue weighted by atomic mass is 16.5. The van der Waals surface area contributed by atoms with Crippen LogP contribution in [-0.2, 0) is 17.8 Å². The van der Waals surface area contributed by atoms with Gasteiger partial charge in [-0.15, -0.1) is 0 Å². The Morgan fingerprint density at radius 1 is 1.03 bits per heavy atom. The van der Waals surface area contributed by atoms with Crippen molar-refractivity contribution < 1.29 is 14.3 Å². The molecule has 0 bridgehead atoms. The van der Waals surface area contributed by atoms with Crippen LogP contribution in [0.4, 0.5) is 4.79 Å². The van der Waals surface area contributed by atoms with Crippen molar-refractivity contribution >= 4 is 22.8 Å². The van der Waals surface area contributed by atoms with Gasteiger partial charge in [0, 0.05) is 44.4 Å². The van der Waals surface area contributed by atoms with Crippen molar-refractivity contribution in [3.8, 4) is 5.75 Å². The van der Waals surface area contributed by atoms with Crippen LogP contribution in [-0.4, -0.2) is 71.0 Å². The van der Waals surface area contributed by atoms with Crippen LogP contribution in [0.5, 0.6) is 5.75 Å². The summed E-state index contributed by atoms with van der Waals surface area (Å²) < 4.78 is 5.23. The third-order valence-corrected chi connectivity index (χ3v) is 7.18. The molecule has 2 aromatic carbocycles. The summed E-state index contributed by atoms with van der Waals surface area (Å²) >= 11 is 0. The molecule has 2 aliphatic rings. The van der Waals surface area contributed by atoms with Crippen LogP contribution in [0.25, 0.3) is 10.9 Å². The van der Waals surface area contributed by atoms with Crippen LogP contribution in [0, 0.1) is 0 Å². The molecule has 0 aliphatic carbocycles. The Morgan fingerprint density at radius 2 is 1.76 bits per heavy atom. The number of piperidine rings is 1. The van der Waals surface area contributed by atoms with E-state index in [-0.39, 0.29) is 11.9 Å². The molecule has 7 heteroatoms. The number of fused-ring (bicyclic) bond motifs is 1. The molecule has 1 spiro atoms. The first-order chi connectivity index (χ1) is 16.0. The predicted molar refractivity (Wildman–Crippen MR) is 127 cm³/mol. The molecular formula is C26H30N4O3. The molecule has 3 amide bonds. The van der Waals surface area contributed by atoms with Crippen molar-refractivity contribution in [1.82, 2.24) is 19.7 Å². The minimum Gasteiger partial charge on any atom is -0.497 e. The van der Waals surface area contributed by atoms with Crippen molar-refractivity contribution in [2.75, 3.05) is 33.8 Å². The van der Waals surface area contributed by atoms with Crippen LogP contribution >= 0.6 is 0 Å². The molecule has 172 valence electrons. The second kappa shape index (κ2) is 8.56. The number of ether oxygens (including phenoxy) is 1. The molecule has 0 saturated carbocycles. The molecule has 2 fully saturated rings. The Kier molecular flexibility index (Phi) is 5.58. The lowest BCUT2D eigenvalue weighted by molar-refractivity contribution is -0.134. The second-order valence-electron chi connectivity index (χ2n) is 9.09. The first-order valence-electron chi connectivity index (χ1n) is 11.5. The van der Waals surface area contributed by atoms with E-state index in [0.29, 0.717) is 25.8 Å². The van der Waals surface area contributed by atoms with E-state index in [1.165, 1.54) is 16.0 Å². The number of imide groups is 1. The number of urea groups is 1. The number of H-pyrrole nitrogens is 1. The summed E-state index contributed by atoms with van der Waals surface area (Å²) in [5.74, 6) is 0.747. The number of benzene rings is 2. The van der Waals surface area contributed by atoms with E-state index in [4.69, 9.17) is 4.74 Å². The molecule has 2 saturated heterocycles. The molecule has 3 aromatic rings. The first kappa shape index (κ1) is 21.5. The number of likely N-dealkylation sites (tertiary alicyclic amines) is 1. The molecule has 1 aromatic heterocycles. The smallest absolute Gasteiger partial charge is 0.327 e. The number of hydrogen-bond donors (Lipinski definition) is 1. The van der Waals surface area contributed by atoms with E-state index >= 15 is 0 Å². The van der Waals surface area contributed by atoms with Gasteiger partial charge >= 0.3 is 6.03 Å². The summed E-state index contributed by atoms with van der Waals surface area (Å²) in [6, 6.07) is 18.2. The van der Waals surface area contributed by atoms with Gasteiger partial charge in [-0.05, 0) is 54.5 Å². The molecule has 0 atom stereocenters. The lowest BCUT2D eigenvalue weighted by atomic mass is 9.85. The van der Waals surface area contributed by atoms with Gasteiger partial charge in [0.15, 0.2) is 0 Å². The zero-order valence-corrected chi connectivity index (χ0v) is 19.2. The predicted octanol–water partition coefficient (Wildman–Crippen LogP) is 3.65. The number of amides is 3. The number of aromatic amines is 1. The van der Waals surface area contributed by atoms with E-state index in [1.54, 1.807) is 14.2 Å². The van der Waals surface area contributed by atoms with Gasteiger partial charge in [0.05, 0.1) is 7.11 Å². The largest absolute Gasteiger partial charge is 0.497 e. The minimum atomic E-state index is -0.727. The quantitative estimate of drug-likeness (QED) is 0.587. The SMILES string of the molecule is COc1ccc(CCN2C(=O)N(C)C(=O)C23CCN(Cc2cc4ccccc4[nH]2)CC3)cc1. The van der Waals surface area contributed by atoms with E-state index in [1.807, 2.05) is 41.3 Å². The summed E-state index contributed by atoms with van der Waals surface area (Å²) in [4.78, 5) is 35.2. The molecule has 33 heavy (non-hydrogen) atoms. The monoisotopic (exact) mass is 446 g/mol. The van der Waals surface area contributed by atoms with Crippen LogP contribution in [0.2, 0.25) is 0 Å². The minimum absolute atomic E-state index is 0.0625. The van der Waals surface area contributed by atoms with Crippen LogP contribution in [0.15, 0.2) is 54.6 Å². The van der Waals surface area contributed by atoms with Crippen molar-refractivity contribution in [3.05, 3.63) is 65.9 Å². The zero-order valence-electron chi connectivity index (χ0n) is 19.2. The number of likely N-dealkylation sites (N-methyl/N-ethyl adjacent to an activating group) is 1. The summed E-state index contributed by atoms with van der Waals surface area (Å²) in [5, 5.41) is 1.21. The maximum atomic E-state index is 13.2. The van der Waals surface area contributed by atoms with Crippen molar-refractivity contribution in [3.63, 3.8) is 0 Å². The third kappa shape index (κ3) is 3.86. The number of para-hydroxylation sites is 1. The Morgan fingerprint density at radius 3 is 2.45 bits per heavy atom. The summed E-state index contributed by atoms with van der Waals surface area (Å²) in [7, 11) is 3.25. The average Bonchev–Trinajstić information content (AvgIpc) is 3.33. The number of hydrogen-bond acceptors (Lipinski definition) is 4. The lowest BCUT2D eigenvalue weighted by Gasteiger charge is -2.42. The number of nitrogens with zero attached hydrogens (tertiary/aromatic N) is 3. The van der Waals surface area contributed by atoms with Gasteiger partial charge in [-0.2, -0.15) is 0 Å². The van der Waals surface area contributed by atoms with Crippen molar-refractivity contribution in [1.29, 1.82) is 0 Å². The van der Waals surface area contributed by atoms with Gasteiger partial charge in [0.1, 0.15) is 11.3 Å². The second-order valence-corrected chi connectivity index (χ2v) is 9.09. The van der Waals surface area contributed by atoms with E-state index in [2.05, 4.69) is 28.1 Å². The first-order valence-corrected chi connectivity index (χ1v) is 11.5. The van der Waals surface area contributed by atoms with Crippen molar-refractivity contribution in [2.45, 2.75) is 31.3 Å². The number of methoxy groups -OCH3 is 1. The standard InChI is InChI=1S/C26H30N4O3/c1-28-24(31)26(30(25(28)32)14-11-19-7-9-22(33-2)10-8-19)12-15-29(16-13-26)18-21-17-20-5-3-4-6-23(20)27-21/h3-10,17,27H,11-16,18H2,1-2H3. The average molecular weight is 447 g/mol. The zero-order chi connectivity index (χ0) is 23.0. The molecule has 7 nitrogen and oxygen atoms in total. The fourth-order valence-corrected chi connectivity index (χ4v) is 5.25. The molecule has 5 rings (SSSR count). The molecule has 1 N–H and O–H groups in total. The topological polar surface area (TPSA) is 68.9 Å². The lowest BCUT2D eigenvalue weighted by Crippen LogP contribution is -2.56. The summed E-state index contributed by atoms with van der Waals surface area (Å²) in [6.07, 6.45) is 2.02. The highest BCUT2D eigenvalue weighted by molar-refractivity contribution is 6.06. The van der Waals surface area contributed by atoms with Gasteiger partial charge in [0.2, 0.25) is 0 Å². The Labute approximate surface area is 193 Å². The Bertz CT molecular complexity index is 1130. The fraction of sp³-hybridized carbons (Fsp3) is 0.385. The molecule has 2 aliphatic heterocycles. The van der Waals surface area contributed by atoms with E-state index in [0.717, 1.165) is 36.5 Å². The molecule has 0 unspecified atom stereocenters. The van der Waals surface area contributed by atoms with Gasteiger partial charge < -0.3 is 14.6 Å². The van der Waals surface area contributed by atoms with Gasteiger partial charge in [-0.25, -0.2) is 4.79 Å². The van der Waals surface area contributed by atoms with Crippen LogP contribution < -0.4 is 4.74 Å². The highest BCUT2D eigenvalue weighted by Crippen LogP contribution is 2.37. The highest BCUT2D eigenvalue weighted by Gasteiger charge is 2.56. The maximum Gasteiger partial charge on any atom is 0.327 e. The normalized spacial score (nSPS) is 18.6. The van der Waals surface area contributed by atoms with Gasteiger partial charge in [-0.1, -0.05) is 30.3 Å². The molecule has 3 heterocycles. The number of carbonyl (C=O) groups is 2. The van der Waals surface area contributed by atoms with Gasteiger partial charge in [0.25, 0.3) is 5.91 Å².